The second-order valence-electron chi connectivity index (χ2n) is 4.51. The molecule has 2 aromatic carbocycles. The molecule has 6 heteroatoms. The van der Waals surface area contributed by atoms with Crippen molar-refractivity contribution in [2.45, 2.75) is 6.54 Å². The molecule has 0 unspecified atom stereocenters. The first-order valence-electron chi connectivity index (χ1n) is 6.07. The zero-order valence-electron chi connectivity index (χ0n) is 11.1. The molecule has 0 atom stereocenters. The lowest BCUT2D eigenvalue weighted by molar-refractivity contribution is 0.0695. The molecule has 0 aromatic heterocycles. The van der Waals surface area contributed by atoms with E-state index in [9.17, 15) is 9.18 Å². The number of rotatable bonds is 4. The Balaban J connectivity index is 2.32. The molecular weight excluding hydrogens is 361 g/mol. The van der Waals surface area contributed by atoms with Crippen LogP contribution < -0.4 is 4.90 Å². The molecule has 0 radical (unpaired) electrons. The first-order chi connectivity index (χ1) is 9.91. The number of hydrogen-bond acceptors (Lipinski definition) is 2. The molecule has 1 N–H and O–H groups in total. The van der Waals surface area contributed by atoms with Crippen LogP contribution in [0.25, 0.3) is 0 Å². The lowest BCUT2D eigenvalue weighted by Gasteiger charge is -2.21. The van der Waals surface area contributed by atoms with Crippen molar-refractivity contribution in [2.24, 2.45) is 0 Å². The highest BCUT2D eigenvalue weighted by Gasteiger charge is 2.18. The monoisotopic (exact) mass is 371 g/mol. The van der Waals surface area contributed by atoms with Crippen molar-refractivity contribution in [3.05, 3.63) is 62.8 Å². The number of hydrogen-bond donors (Lipinski definition) is 1. The van der Waals surface area contributed by atoms with Gasteiger partial charge in [-0.15, -0.1) is 0 Å². The molecule has 0 saturated heterocycles. The third-order valence-corrected chi connectivity index (χ3v) is 4.21. The maximum absolute atomic E-state index is 14.3. The molecule has 2 aromatic rings. The van der Waals surface area contributed by atoms with E-state index in [1.807, 2.05) is 18.2 Å². The summed E-state index contributed by atoms with van der Waals surface area (Å²) in [7, 11) is 1.72. The van der Waals surface area contributed by atoms with Gasteiger partial charge in [0.1, 0.15) is 0 Å². The number of carbonyl (C=O) groups is 1. The molecule has 0 bridgehead atoms. The Kier molecular flexibility index (Phi) is 4.85. The maximum Gasteiger partial charge on any atom is 0.336 e. The summed E-state index contributed by atoms with van der Waals surface area (Å²) in [5, 5.41) is 9.57. The Morgan fingerprint density at radius 3 is 2.62 bits per heavy atom. The van der Waals surface area contributed by atoms with E-state index >= 15 is 0 Å². The van der Waals surface area contributed by atoms with E-state index in [1.165, 1.54) is 12.1 Å². The lowest BCUT2D eigenvalue weighted by atomic mass is 10.1. The van der Waals surface area contributed by atoms with Crippen LogP contribution in [0.5, 0.6) is 0 Å². The third kappa shape index (κ3) is 3.36. The van der Waals surface area contributed by atoms with Crippen LogP contribution in [0.15, 0.2) is 40.9 Å². The molecule has 0 heterocycles. The number of aromatic carboxylic acids is 1. The van der Waals surface area contributed by atoms with Crippen LogP contribution in [0.1, 0.15) is 15.9 Å². The van der Waals surface area contributed by atoms with Crippen molar-refractivity contribution in [2.75, 3.05) is 11.9 Å². The number of carboxylic acids is 1. The lowest BCUT2D eigenvalue weighted by Crippen LogP contribution is -2.18. The summed E-state index contributed by atoms with van der Waals surface area (Å²) in [6.07, 6.45) is 0. The van der Waals surface area contributed by atoms with Crippen LogP contribution in [0.3, 0.4) is 0 Å². The van der Waals surface area contributed by atoms with Gasteiger partial charge in [-0.1, -0.05) is 29.8 Å². The zero-order chi connectivity index (χ0) is 15.6. The molecule has 0 aliphatic carbocycles. The fourth-order valence-electron chi connectivity index (χ4n) is 1.97. The molecule has 2 rings (SSSR count). The average Bonchev–Trinajstić information content (AvgIpc) is 2.43. The highest BCUT2D eigenvalue weighted by Crippen LogP contribution is 2.30. The van der Waals surface area contributed by atoms with Gasteiger partial charge in [-0.3, -0.25) is 0 Å². The predicted molar refractivity (Wildman–Crippen MR) is 84.6 cm³/mol. The van der Waals surface area contributed by atoms with Gasteiger partial charge in [0.25, 0.3) is 0 Å². The van der Waals surface area contributed by atoms with Gasteiger partial charge in [-0.25, -0.2) is 9.18 Å². The summed E-state index contributed by atoms with van der Waals surface area (Å²) in [6, 6.07) is 10.1. The van der Waals surface area contributed by atoms with Gasteiger partial charge in [0.05, 0.1) is 15.7 Å². The molecule has 0 aliphatic heterocycles. The van der Waals surface area contributed by atoms with Crippen molar-refractivity contribution in [1.82, 2.24) is 0 Å². The second-order valence-corrected chi connectivity index (χ2v) is 5.71. The molecular formula is C15H12BrClFNO2. The highest BCUT2D eigenvalue weighted by atomic mass is 79.9. The predicted octanol–water partition coefficient (Wildman–Crippen LogP) is 4.58. The van der Waals surface area contributed by atoms with Gasteiger partial charge >= 0.3 is 5.97 Å². The fourth-order valence-corrected chi connectivity index (χ4v) is 2.67. The van der Waals surface area contributed by atoms with Crippen LogP contribution >= 0.6 is 27.5 Å². The van der Waals surface area contributed by atoms with Gasteiger partial charge < -0.3 is 10.0 Å². The van der Waals surface area contributed by atoms with Gasteiger partial charge in [-0.2, -0.15) is 0 Å². The number of halogens is 3. The topological polar surface area (TPSA) is 40.5 Å². The number of carboxylic acid groups (broad SMARTS) is 1. The zero-order valence-corrected chi connectivity index (χ0v) is 13.4. The van der Waals surface area contributed by atoms with Crippen molar-refractivity contribution in [3.8, 4) is 0 Å². The molecule has 0 amide bonds. The molecule has 3 nitrogen and oxygen atoms in total. The molecule has 21 heavy (non-hydrogen) atoms. The maximum atomic E-state index is 14.3. The average molecular weight is 373 g/mol. The number of anilines is 1. The quantitative estimate of drug-likeness (QED) is 0.854. The van der Waals surface area contributed by atoms with Crippen molar-refractivity contribution < 1.29 is 14.3 Å². The van der Waals surface area contributed by atoms with Gasteiger partial charge in [0.2, 0.25) is 0 Å². The summed E-state index contributed by atoms with van der Waals surface area (Å²) < 4.78 is 14.2. The van der Waals surface area contributed by atoms with E-state index in [-0.39, 0.29) is 10.0 Å². The van der Waals surface area contributed by atoms with E-state index in [0.29, 0.717) is 17.3 Å². The Morgan fingerprint density at radius 1 is 1.33 bits per heavy atom. The first-order valence-corrected chi connectivity index (χ1v) is 7.24. The Hall–Kier alpha value is -1.59. The fraction of sp³-hybridized carbons (Fsp3) is 0.133. The van der Waals surface area contributed by atoms with Crippen LogP contribution in [0.2, 0.25) is 5.02 Å². The standard InChI is InChI=1S/C15H12BrClFNO2/c1-19(8-9-4-2-3-5-11(9)17)12-7-6-10(15(20)21)13(16)14(12)18/h2-7H,8H2,1H3,(H,20,21). The molecule has 0 aliphatic rings. The van der Waals surface area contributed by atoms with Crippen LogP contribution in [0, 0.1) is 5.82 Å². The van der Waals surface area contributed by atoms with E-state index in [0.717, 1.165) is 5.56 Å². The highest BCUT2D eigenvalue weighted by molar-refractivity contribution is 9.10. The number of benzene rings is 2. The summed E-state index contributed by atoms with van der Waals surface area (Å²) in [4.78, 5) is 12.6. The largest absolute Gasteiger partial charge is 0.478 e. The summed E-state index contributed by atoms with van der Waals surface area (Å²) >= 11 is 9.08. The molecule has 0 fully saturated rings. The van der Waals surface area contributed by atoms with Gasteiger partial charge in [0.15, 0.2) is 5.82 Å². The van der Waals surface area contributed by atoms with E-state index in [1.54, 1.807) is 18.0 Å². The summed E-state index contributed by atoms with van der Waals surface area (Å²) in [6.45, 7) is 0.412. The Bertz CT molecular complexity index is 693. The Morgan fingerprint density at radius 2 is 2.00 bits per heavy atom. The molecule has 110 valence electrons. The van der Waals surface area contributed by atoms with Gasteiger partial charge in [-0.05, 0) is 39.7 Å². The summed E-state index contributed by atoms with van der Waals surface area (Å²) in [5.41, 5.74) is 1.05. The minimum absolute atomic E-state index is 0.0569. The first kappa shape index (κ1) is 15.8. The number of nitrogens with zero attached hydrogens (tertiary/aromatic N) is 1. The van der Waals surface area contributed by atoms with Crippen LogP contribution in [-0.4, -0.2) is 18.1 Å². The molecule has 0 spiro atoms. The van der Waals surface area contributed by atoms with E-state index in [2.05, 4.69) is 15.9 Å². The van der Waals surface area contributed by atoms with Crippen LogP contribution in [0.4, 0.5) is 10.1 Å². The SMILES string of the molecule is CN(Cc1ccccc1Cl)c1ccc(C(=O)O)c(Br)c1F. The minimum Gasteiger partial charge on any atom is -0.478 e. The van der Waals surface area contributed by atoms with E-state index < -0.39 is 11.8 Å². The van der Waals surface area contributed by atoms with Gasteiger partial charge in [0, 0.05) is 18.6 Å². The molecule has 0 saturated carbocycles. The van der Waals surface area contributed by atoms with Crippen molar-refractivity contribution >= 4 is 39.2 Å². The minimum atomic E-state index is -1.18. The van der Waals surface area contributed by atoms with Crippen molar-refractivity contribution in [1.29, 1.82) is 0 Å². The smallest absolute Gasteiger partial charge is 0.336 e. The normalized spacial score (nSPS) is 10.5. The summed E-state index contributed by atoms with van der Waals surface area (Å²) in [5.74, 6) is -1.79. The third-order valence-electron chi connectivity index (χ3n) is 3.07. The van der Waals surface area contributed by atoms with E-state index in [4.69, 9.17) is 16.7 Å². The Labute approximate surface area is 135 Å². The van der Waals surface area contributed by atoms with Crippen LogP contribution in [-0.2, 0) is 6.54 Å². The van der Waals surface area contributed by atoms with Crippen molar-refractivity contribution in [3.63, 3.8) is 0 Å². The second kappa shape index (κ2) is 6.45.